The summed E-state index contributed by atoms with van der Waals surface area (Å²) in [6.07, 6.45) is 8.73. The number of hydrogen-bond donors (Lipinski definition) is 0. The Morgan fingerprint density at radius 1 is 1.03 bits per heavy atom. The summed E-state index contributed by atoms with van der Waals surface area (Å²) in [6.45, 7) is 4.22. The fourth-order valence-corrected chi connectivity index (χ4v) is 8.24. The third-order valence-electron chi connectivity index (χ3n) is 9.14. The summed E-state index contributed by atoms with van der Waals surface area (Å²) < 4.78 is 12.2. The molecule has 0 spiro atoms. The van der Waals surface area contributed by atoms with E-state index in [0.29, 0.717) is 24.9 Å². The number of methoxy groups -OCH3 is 1. The lowest BCUT2D eigenvalue weighted by atomic mass is 9.62. The zero-order chi connectivity index (χ0) is 22.8. The SMILES string of the molecule is CCO[C@]12C=C(N3CCC[C@H]3COC)[C@@]3(CCCC[C@@H]13)[C@@H]1C(=O)N(c3ccccc3)C(=O)[C@@H]12. The van der Waals surface area contributed by atoms with E-state index in [0.717, 1.165) is 45.1 Å². The molecule has 4 fully saturated rings. The Kier molecular flexibility index (Phi) is 4.97. The van der Waals surface area contributed by atoms with Crippen LogP contribution in [-0.2, 0) is 19.1 Å². The molecule has 2 amide bonds. The zero-order valence-electron chi connectivity index (χ0n) is 19.7. The van der Waals surface area contributed by atoms with Crippen molar-refractivity contribution in [2.24, 2.45) is 23.2 Å². The third kappa shape index (κ3) is 2.62. The molecule has 176 valence electrons. The second-order valence-electron chi connectivity index (χ2n) is 10.4. The Balaban J connectivity index is 1.51. The van der Waals surface area contributed by atoms with Gasteiger partial charge in [-0.1, -0.05) is 31.0 Å². The van der Waals surface area contributed by atoms with Gasteiger partial charge in [-0.2, -0.15) is 0 Å². The summed E-state index contributed by atoms with van der Waals surface area (Å²) in [7, 11) is 1.77. The maximum Gasteiger partial charge on any atom is 0.240 e. The summed E-state index contributed by atoms with van der Waals surface area (Å²) in [5.74, 6) is -0.689. The average Bonchev–Trinajstić information content (AvgIpc) is 3.53. The normalized spacial score (nSPS) is 39.3. The number of allylic oxidation sites excluding steroid dienone is 1. The van der Waals surface area contributed by atoms with E-state index in [-0.39, 0.29) is 29.1 Å². The first-order chi connectivity index (χ1) is 16.1. The lowest BCUT2D eigenvalue weighted by molar-refractivity contribution is -0.131. The third-order valence-corrected chi connectivity index (χ3v) is 9.14. The highest BCUT2D eigenvalue weighted by atomic mass is 16.5. The van der Waals surface area contributed by atoms with Gasteiger partial charge < -0.3 is 14.4 Å². The van der Waals surface area contributed by atoms with Gasteiger partial charge in [-0.3, -0.25) is 9.59 Å². The molecule has 6 atom stereocenters. The molecule has 2 aliphatic heterocycles. The summed E-state index contributed by atoms with van der Waals surface area (Å²) in [5, 5.41) is 0. The molecule has 5 aliphatic rings. The second kappa shape index (κ2) is 7.67. The first-order valence-electron chi connectivity index (χ1n) is 12.7. The quantitative estimate of drug-likeness (QED) is 0.618. The first kappa shape index (κ1) is 21.4. The molecular weight excluding hydrogens is 416 g/mol. The van der Waals surface area contributed by atoms with Crippen LogP contribution in [0, 0.1) is 23.2 Å². The van der Waals surface area contributed by atoms with E-state index in [1.165, 1.54) is 10.6 Å². The second-order valence-corrected chi connectivity index (χ2v) is 10.4. The highest BCUT2D eigenvalue weighted by Crippen LogP contribution is 2.74. The Hall–Kier alpha value is -2.18. The van der Waals surface area contributed by atoms with Crippen LogP contribution in [-0.4, -0.2) is 55.2 Å². The van der Waals surface area contributed by atoms with Gasteiger partial charge in [-0.25, -0.2) is 4.90 Å². The van der Waals surface area contributed by atoms with Gasteiger partial charge in [0.1, 0.15) is 5.60 Å². The van der Waals surface area contributed by atoms with E-state index in [2.05, 4.69) is 11.0 Å². The number of carbonyl (C=O) groups excluding carboxylic acids is 2. The van der Waals surface area contributed by atoms with Gasteiger partial charge in [0.2, 0.25) is 11.8 Å². The molecule has 2 saturated carbocycles. The highest BCUT2D eigenvalue weighted by Gasteiger charge is 2.80. The molecule has 0 radical (unpaired) electrons. The summed E-state index contributed by atoms with van der Waals surface area (Å²) >= 11 is 0. The van der Waals surface area contributed by atoms with E-state index >= 15 is 0 Å². The lowest BCUT2D eigenvalue weighted by Gasteiger charge is -2.46. The van der Waals surface area contributed by atoms with E-state index in [1.54, 1.807) is 7.11 Å². The van der Waals surface area contributed by atoms with Crippen LogP contribution < -0.4 is 4.90 Å². The summed E-state index contributed by atoms with van der Waals surface area (Å²) in [5.41, 5.74) is 0.949. The Morgan fingerprint density at radius 3 is 2.58 bits per heavy atom. The van der Waals surface area contributed by atoms with Gasteiger partial charge in [0.25, 0.3) is 0 Å². The smallest absolute Gasteiger partial charge is 0.240 e. The van der Waals surface area contributed by atoms with Crippen LogP contribution in [0.3, 0.4) is 0 Å². The Bertz CT molecular complexity index is 993. The van der Waals surface area contributed by atoms with Crippen LogP contribution in [0.2, 0.25) is 0 Å². The molecule has 33 heavy (non-hydrogen) atoms. The van der Waals surface area contributed by atoms with Gasteiger partial charge >= 0.3 is 0 Å². The van der Waals surface area contributed by atoms with Crippen LogP contribution >= 0.6 is 0 Å². The number of benzene rings is 1. The minimum absolute atomic E-state index is 0.0298. The molecule has 6 nitrogen and oxygen atoms in total. The van der Waals surface area contributed by atoms with E-state index < -0.39 is 11.5 Å². The molecule has 1 aromatic carbocycles. The summed E-state index contributed by atoms with van der Waals surface area (Å²) in [6, 6.07) is 9.76. The number of ether oxygens (including phenoxy) is 2. The molecule has 0 unspecified atom stereocenters. The van der Waals surface area contributed by atoms with Gasteiger partial charge in [0, 0.05) is 37.3 Å². The number of likely N-dealkylation sites (tertiary alicyclic amines) is 1. The van der Waals surface area contributed by atoms with E-state index in [4.69, 9.17) is 9.47 Å². The predicted octanol–water partition coefficient (Wildman–Crippen LogP) is 3.77. The monoisotopic (exact) mass is 450 g/mol. The lowest BCUT2D eigenvalue weighted by Crippen LogP contribution is -2.48. The number of rotatable bonds is 6. The molecule has 2 heterocycles. The number of amides is 2. The number of para-hydroxylation sites is 1. The minimum Gasteiger partial charge on any atom is -0.383 e. The number of fused-ring (bicyclic) bond motifs is 2. The van der Waals surface area contributed by atoms with Crippen molar-refractivity contribution < 1.29 is 19.1 Å². The molecule has 2 bridgehead atoms. The molecule has 6 heteroatoms. The first-order valence-corrected chi connectivity index (χ1v) is 12.7. The maximum atomic E-state index is 14.1. The number of anilines is 1. The maximum absolute atomic E-state index is 14.1. The van der Waals surface area contributed by atoms with Gasteiger partial charge in [-0.05, 0) is 50.8 Å². The van der Waals surface area contributed by atoms with Crippen molar-refractivity contribution >= 4 is 17.5 Å². The van der Waals surface area contributed by atoms with Crippen LogP contribution in [0.15, 0.2) is 42.1 Å². The molecular formula is C27H34N2O4. The van der Waals surface area contributed by atoms with Gasteiger partial charge in [-0.15, -0.1) is 0 Å². The topological polar surface area (TPSA) is 59.1 Å². The molecule has 0 aromatic heterocycles. The fraction of sp³-hybridized carbons (Fsp3) is 0.630. The van der Waals surface area contributed by atoms with Crippen molar-refractivity contribution in [2.75, 3.05) is 31.8 Å². The molecule has 2 saturated heterocycles. The molecule has 3 aliphatic carbocycles. The minimum atomic E-state index is -0.689. The van der Waals surface area contributed by atoms with Gasteiger partial charge in [0.05, 0.1) is 30.2 Å². The van der Waals surface area contributed by atoms with Crippen LogP contribution in [0.25, 0.3) is 0 Å². The van der Waals surface area contributed by atoms with E-state index in [1.807, 2.05) is 37.3 Å². The Labute approximate surface area is 195 Å². The summed E-state index contributed by atoms with van der Waals surface area (Å²) in [4.78, 5) is 32.1. The van der Waals surface area contributed by atoms with Crippen LogP contribution in [0.5, 0.6) is 0 Å². The average molecular weight is 451 g/mol. The van der Waals surface area contributed by atoms with Crippen molar-refractivity contribution in [2.45, 2.75) is 57.1 Å². The Morgan fingerprint density at radius 2 is 1.82 bits per heavy atom. The van der Waals surface area contributed by atoms with Gasteiger partial charge in [0.15, 0.2) is 0 Å². The van der Waals surface area contributed by atoms with Crippen LogP contribution in [0.1, 0.15) is 45.4 Å². The van der Waals surface area contributed by atoms with Crippen molar-refractivity contribution in [1.29, 1.82) is 0 Å². The molecule has 6 rings (SSSR count). The highest BCUT2D eigenvalue weighted by molar-refractivity contribution is 6.23. The van der Waals surface area contributed by atoms with E-state index in [9.17, 15) is 9.59 Å². The van der Waals surface area contributed by atoms with Crippen molar-refractivity contribution in [3.63, 3.8) is 0 Å². The number of hydrogen-bond acceptors (Lipinski definition) is 5. The largest absolute Gasteiger partial charge is 0.383 e. The standard InChI is InChI=1S/C27H34N2O4/c1-3-33-27-16-21(28-15-9-12-19(28)17-32-2)26(14-8-7-13-20(26)27)22-23(27)25(31)29(24(22)30)18-10-5-4-6-11-18/h4-6,10-11,16,19-20,22-23H,3,7-9,12-15,17H2,1-2H3/t19-,20+,22-,23+,26-,27+/m0/s1. The number of nitrogens with zero attached hydrogens (tertiary/aromatic N) is 2. The van der Waals surface area contributed by atoms with Crippen molar-refractivity contribution in [1.82, 2.24) is 4.90 Å². The number of carbonyl (C=O) groups is 2. The predicted molar refractivity (Wildman–Crippen MR) is 124 cm³/mol. The van der Waals surface area contributed by atoms with Crippen molar-refractivity contribution in [3.05, 3.63) is 42.1 Å². The zero-order valence-corrected chi connectivity index (χ0v) is 19.7. The fourth-order valence-electron chi connectivity index (χ4n) is 8.24. The molecule has 1 aromatic rings. The number of imide groups is 1. The molecule has 0 N–H and O–H groups in total. The van der Waals surface area contributed by atoms with Crippen molar-refractivity contribution in [3.8, 4) is 0 Å². The van der Waals surface area contributed by atoms with Crippen LogP contribution in [0.4, 0.5) is 5.69 Å².